The molecule has 0 saturated carbocycles. The molecule has 2 N–H and O–H groups in total. The van der Waals surface area contributed by atoms with Gasteiger partial charge in [0.25, 0.3) is 0 Å². The third-order valence-corrected chi connectivity index (χ3v) is 2.71. The van der Waals surface area contributed by atoms with Crippen molar-refractivity contribution in [3.8, 4) is 0 Å². The van der Waals surface area contributed by atoms with Gasteiger partial charge in [-0.05, 0) is 18.8 Å². The second-order valence-electron chi connectivity index (χ2n) is 2.71. The quantitative estimate of drug-likeness (QED) is 0.689. The minimum atomic E-state index is -0.682. The molecule has 4 heteroatoms. The first-order chi connectivity index (χ1) is 5.65. The number of rotatable bonds is 2. The van der Waals surface area contributed by atoms with Crippen LogP contribution in [0.15, 0.2) is 11.8 Å². The van der Waals surface area contributed by atoms with Crippen LogP contribution in [0.2, 0.25) is 0 Å². The summed E-state index contributed by atoms with van der Waals surface area (Å²) in [7, 11) is 0. The second kappa shape index (κ2) is 4.16. The first-order valence-electron chi connectivity index (χ1n) is 4.01. The van der Waals surface area contributed by atoms with Gasteiger partial charge in [-0.1, -0.05) is 6.92 Å². The summed E-state index contributed by atoms with van der Waals surface area (Å²) in [4.78, 5) is 0. The zero-order valence-electron chi connectivity index (χ0n) is 7.23. The Bertz CT molecular complexity index is 181. The van der Waals surface area contributed by atoms with Gasteiger partial charge in [0.2, 0.25) is 0 Å². The van der Waals surface area contributed by atoms with E-state index in [1.807, 2.05) is 6.92 Å². The van der Waals surface area contributed by atoms with Crippen LogP contribution in [0, 0.1) is 0 Å². The molecule has 1 aliphatic heterocycles. The number of hydrogen-bond donors (Lipinski definition) is 2. The molecule has 1 heterocycles. The number of hydrogen-bond acceptors (Lipinski definition) is 4. The van der Waals surface area contributed by atoms with Crippen molar-refractivity contribution in [3.05, 3.63) is 11.8 Å². The summed E-state index contributed by atoms with van der Waals surface area (Å²) >= 11 is 1.51. The maximum absolute atomic E-state index is 9.34. The van der Waals surface area contributed by atoms with E-state index in [0.717, 1.165) is 5.75 Å². The smallest absolute Gasteiger partial charge is 0.160 e. The molecule has 0 amide bonds. The van der Waals surface area contributed by atoms with Gasteiger partial charge in [-0.3, -0.25) is 0 Å². The summed E-state index contributed by atoms with van der Waals surface area (Å²) in [6, 6.07) is 0. The van der Waals surface area contributed by atoms with Crippen LogP contribution in [0.4, 0.5) is 0 Å². The van der Waals surface area contributed by atoms with E-state index in [1.165, 1.54) is 17.8 Å². The maximum atomic E-state index is 9.34. The number of ether oxygens (including phenoxy) is 1. The summed E-state index contributed by atoms with van der Waals surface area (Å²) in [6.45, 7) is 3.79. The Hall–Kier alpha value is -0.190. The molecule has 0 aliphatic carbocycles. The van der Waals surface area contributed by atoms with E-state index < -0.39 is 6.10 Å². The van der Waals surface area contributed by atoms with E-state index in [2.05, 4.69) is 0 Å². The molecule has 1 aliphatic rings. The molecule has 0 aromatic rings. The molecule has 70 valence electrons. The summed E-state index contributed by atoms with van der Waals surface area (Å²) in [6.07, 6.45) is 0.533. The minimum absolute atomic E-state index is 0.132. The summed E-state index contributed by atoms with van der Waals surface area (Å²) in [5.74, 6) is 1.01. The minimum Gasteiger partial charge on any atom is -0.509 e. The highest BCUT2D eigenvalue weighted by molar-refractivity contribution is 7.99. The van der Waals surface area contributed by atoms with Crippen LogP contribution < -0.4 is 0 Å². The van der Waals surface area contributed by atoms with Crippen molar-refractivity contribution in [1.29, 1.82) is 0 Å². The van der Waals surface area contributed by atoms with Crippen LogP contribution in [-0.2, 0) is 4.74 Å². The number of thioether (sulfide) groups is 1. The lowest BCUT2D eigenvalue weighted by molar-refractivity contribution is -0.0356. The molecule has 3 nitrogen and oxygen atoms in total. The summed E-state index contributed by atoms with van der Waals surface area (Å²) in [5, 5.41) is 18.6. The SMILES string of the molecule is CCSC1OC(C)C(O)C=C1O. The zero-order chi connectivity index (χ0) is 9.14. The van der Waals surface area contributed by atoms with Gasteiger partial charge in [0.05, 0.1) is 6.10 Å². The Labute approximate surface area is 76.4 Å². The van der Waals surface area contributed by atoms with Crippen LogP contribution in [0.3, 0.4) is 0 Å². The lowest BCUT2D eigenvalue weighted by atomic mass is 10.1. The van der Waals surface area contributed by atoms with Gasteiger partial charge in [-0.15, -0.1) is 11.8 Å². The van der Waals surface area contributed by atoms with E-state index >= 15 is 0 Å². The first-order valence-corrected chi connectivity index (χ1v) is 5.05. The van der Waals surface area contributed by atoms with Gasteiger partial charge in [0.1, 0.15) is 11.9 Å². The Kier molecular flexibility index (Phi) is 3.43. The standard InChI is InChI=1S/C8H14O3S/c1-3-12-8-7(10)4-6(9)5(2)11-8/h4-6,8-10H,3H2,1-2H3. The summed E-state index contributed by atoms with van der Waals surface area (Å²) in [5.41, 5.74) is -0.298. The van der Waals surface area contributed by atoms with Crippen LogP contribution in [0.25, 0.3) is 0 Å². The van der Waals surface area contributed by atoms with Crippen molar-refractivity contribution in [2.45, 2.75) is 31.5 Å². The third-order valence-electron chi connectivity index (χ3n) is 1.72. The largest absolute Gasteiger partial charge is 0.509 e. The molecule has 0 aromatic carbocycles. The molecule has 3 unspecified atom stereocenters. The van der Waals surface area contributed by atoms with Crippen LogP contribution in [0.1, 0.15) is 13.8 Å². The zero-order valence-corrected chi connectivity index (χ0v) is 8.04. The monoisotopic (exact) mass is 190 g/mol. The second-order valence-corrected chi connectivity index (χ2v) is 4.05. The topological polar surface area (TPSA) is 49.7 Å². The summed E-state index contributed by atoms with van der Waals surface area (Å²) < 4.78 is 5.35. The highest BCUT2D eigenvalue weighted by Crippen LogP contribution is 2.26. The van der Waals surface area contributed by atoms with Crippen molar-refractivity contribution < 1.29 is 14.9 Å². The fourth-order valence-electron chi connectivity index (χ4n) is 1.01. The molecule has 0 radical (unpaired) electrons. The van der Waals surface area contributed by atoms with Crippen molar-refractivity contribution in [3.63, 3.8) is 0 Å². The van der Waals surface area contributed by atoms with Gasteiger partial charge in [-0.2, -0.15) is 0 Å². The average molecular weight is 190 g/mol. The Morgan fingerprint density at radius 3 is 2.92 bits per heavy atom. The molecule has 0 saturated heterocycles. The van der Waals surface area contributed by atoms with Crippen molar-refractivity contribution >= 4 is 11.8 Å². The highest BCUT2D eigenvalue weighted by atomic mass is 32.2. The predicted octanol–water partition coefficient (Wildman–Crippen LogP) is 1.29. The molecule has 0 aromatic heterocycles. The molecule has 1 rings (SSSR count). The molecule has 0 spiro atoms. The van der Waals surface area contributed by atoms with Crippen molar-refractivity contribution in [2.24, 2.45) is 0 Å². The highest BCUT2D eigenvalue weighted by Gasteiger charge is 2.27. The first kappa shape index (κ1) is 9.89. The van der Waals surface area contributed by atoms with E-state index in [9.17, 15) is 10.2 Å². The maximum Gasteiger partial charge on any atom is 0.160 e. The number of aliphatic hydroxyl groups is 2. The molecular weight excluding hydrogens is 176 g/mol. The Morgan fingerprint density at radius 2 is 2.33 bits per heavy atom. The van der Waals surface area contributed by atoms with Crippen molar-refractivity contribution in [1.82, 2.24) is 0 Å². The fourth-order valence-corrected chi connectivity index (χ4v) is 1.82. The fraction of sp³-hybridized carbons (Fsp3) is 0.750. The van der Waals surface area contributed by atoms with Crippen LogP contribution >= 0.6 is 11.8 Å². The third kappa shape index (κ3) is 2.15. The van der Waals surface area contributed by atoms with Gasteiger partial charge >= 0.3 is 0 Å². The number of aliphatic hydroxyl groups excluding tert-OH is 2. The van der Waals surface area contributed by atoms with Crippen LogP contribution in [0.5, 0.6) is 0 Å². The lowest BCUT2D eigenvalue weighted by Crippen LogP contribution is -2.34. The Morgan fingerprint density at radius 1 is 1.67 bits per heavy atom. The van der Waals surface area contributed by atoms with Crippen LogP contribution in [-0.4, -0.2) is 33.6 Å². The van der Waals surface area contributed by atoms with Crippen molar-refractivity contribution in [2.75, 3.05) is 5.75 Å². The lowest BCUT2D eigenvalue weighted by Gasteiger charge is -2.28. The van der Waals surface area contributed by atoms with E-state index in [0.29, 0.717) is 0 Å². The van der Waals surface area contributed by atoms with Gasteiger partial charge < -0.3 is 14.9 Å². The predicted molar refractivity (Wildman–Crippen MR) is 49.2 cm³/mol. The molecular formula is C8H14O3S. The Balaban J connectivity index is 2.61. The molecule has 3 atom stereocenters. The molecule has 0 bridgehead atoms. The molecule has 0 fully saturated rings. The van der Waals surface area contributed by atoms with E-state index in [1.54, 1.807) is 6.92 Å². The van der Waals surface area contributed by atoms with Gasteiger partial charge in [0, 0.05) is 0 Å². The van der Waals surface area contributed by atoms with Gasteiger partial charge in [0.15, 0.2) is 5.44 Å². The molecule has 12 heavy (non-hydrogen) atoms. The van der Waals surface area contributed by atoms with E-state index in [-0.39, 0.29) is 17.3 Å². The average Bonchev–Trinajstić information content (AvgIpc) is 2.01. The van der Waals surface area contributed by atoms with E-state index in [4.69, 9.17) is 4.74 Å². The normalized spacial score (nSPS) is 36.2. The van der Waals surface area contributed by atoms with Gasteiger partial charge in [-0.25, -0.2) is 0 Å².